The van der Waals surface area contributed by atoms with Crippen molar-refractivity contribution in [2.24, 2.45) is 0 Å². The molecule has 1 aliphatic heterocycles. The molecule has 7 nitrogen and oxygen atoms in total. The predicted molar refractivity (Wildman–Crippen MR) is 109 cm³/mol. The van der Waals surface area contributed by atoms with E-state index in [1.807, 2.05) is 37.3 Å². The molecule has 29 heavy (non-hydrogen) atoms. The van der Waals surface area contributed by atoms with Crippen LogP contribution < -0.4 is 10.6 Å². The highest BCUT2D eigenvalue weighted by molar-refractivity contribution is 6.07. The summed E-state index contributed by atoms with van der Waals surface area (Å²) in [5, 5.41) is 5.73. The van der Waals surface area contributed by atoms with Crippen molar-refractivity contribution in [2.75, 3.05) is 19.7 Å². The second kappa shape index (κ2) is 9.87. The molecule has 1 aromatic rings. The minimum Gasteiger partial charge on any atom is -0.374 e. The number of imide groups is 1. The van der Waals surface area contributed by atoms with Gasteiger partial charge in [0.05, 0.1) is 6.10 Å². The van der Waals surface area contributed by atoms with Gasteiger partial charge in [0.2, 0.25) is 5.91 Å². The van der Waals surface area contributed by atoms with Gasteiger partial charge in [-0.15, -0.1) is 0 Å². The number of nitrogens with one attached hydrogen (secondary N) is 2. The molecule has 1 aliphatic carbocycles. The molecule has 1 aromatic carbocycles. The normalized spacial score (nSPS) is 18.9. The summed E-state index contributed by atoms with van der Waals surface area (Å²) in [6, 6.07) is 9.70. The van der Waals surface area contributed by atoms with Crippen LogP contribution in [-0.2, 0) is 14.3 Å². The van der Waals surface area contributed by atoms with Gasteiger partial charge in [0.1, 0.15) is 5.54 Å². The quantitative estimate of drug-likeness (QED) is 0.466. The smallest absolute Gasteiger partial charge is 0.325 e. The summed E-state index contributed by atoms with van der Waals surface area (Å²) < 4.78 is 5.79. The van der Waals surface area contributed by atoms with Gasteiger partial charge in [-0.2, -0.15) is 0 Å². The summed E-state index contributed by atoms with van der Waals surface area (Å²) in [6.07, 6.45) is 4.91. The predicted octanol–water partition coefficient (Wildman–Crippen LogP) is 2.92. The van der Waals surface area contributed by atoms with Crippen LogP contribution in [0.5, 0.6) is 0 Å². The summed E-state index contributed by atoms with van der Waals surface area (Å²) in [6.45, 7) is 3.42. The van der Waals surface area contributed by atoms with E-state index in [1.165, 1.54) is 4.90 Å². The average molecular weight is 402 g/mol. The lowest BCUT2D eigenvalue weighted by Gasteiger charge is -2.19. The van der Waals surface area contributed by atoms with Gasteiger partial charge in [-0.1, -0.05) is 43.2 Å². The van der Waals surface area contributed by atoms with Gasteiger partial charge in [0.25, 0.3) is 5.91 Å². The molecule has 1 saturated heterocycles. The molecular weight excluding hydrogens is 370 g/mol. The Morgan fingerprint density at radius 2 is 1.93 bits per heavy atom. The first kappa shape index (κ1) is 21.3. The van der Waals surface area contributed by atoms with Crippen molar-refractivity contribution in [3.63, 3.8) is 0 Å². The Hall–Kier alpha value is -2.41. The van der Waals surface area contributed by atoms with E-state index in [9.17, 15) is 14.4 Å². The van der Waals surface area contributed by atoms with E-state index in [4.69, 9.17) is 4.74 Å². The third-order valence-electron chi connectivity index (χ3n) is 5.77. The molecule has 1 atom stereocenters. The van der Waals surface area contributed by atoms with Crippen LogP contribution in [0.2, 0.25) is 0 Å². The zero-order valence-corrected chi connectivity index (χ0v) is 17.1. The molecule has 2 fully saturated rings. The second-order valence-electron chi connectivity index (χ2n) is 7.91. The van der Waals surface area contributed by atoms with E-state index in [0.29, 0.717) is 26.0 Å². The molecule has 1 heterocycles. The number of urea groups is 1. The lowest BCUT2D eigenvalue weighted by atomic mass is 9.98. The van der Waals surface area contributed by atoms with Gasteiger partial charge in [0, 0.05) is 26.1 Å². The zero-order chi connectivity index (χ0) is 20.7. The molecule has 1 saturated carbocycles. The first-order valence-corrected chi connectivity index (χ1v) is 10.6. The summed E-state index contributed by atoms with van der Waals surface area (Å²) in [7, 11) is 0. The van der Waals surface area contributed by atoms with Crippen molar-refractivity contribution in [3.8, 4) is 0 Å². The molecule has 3 rings (SSSR count). The highest BCUT2D eigenvalue weighted by Gasteiger charge is 2.51. The van der Waals surface area contributed by atoms with Crippen LogP contribution >= 0.6 is 0 Å². The van der Waals surface area contributed by atoms with Gasteiger partial charge >= 0.3 is 6.03 Å². The third-order valence-corrected chi connectivity index (χ3v) is 5.77. The maximum atomic E-state index is 12.5. The standard InChI is InChI=1S/C22H31N3O4/c1-17(18-9-3-2-4-10-18)29-16-8-14-23-19(26)11-7-15-25-20(27)22(24-21(25)28)12-5-6-13-22/h2-4,9-10,17H,5-8,11-16H2,1H3,(H,23,26)(H,24,28). The van der Waals surface area contributed by atoms with Crippen molar-refractivity contribution in [3.05, 3.63) is 35.9 Å². The third kappa shape index (κ3) is 5.35. The molecule has 1 spiro atoms. The molecule has 2 N–H and O–H groups in total. The van der Waals surface area contributed by atoms with Crippen LogP contribution in [0.1, 0.15) is 63.5 Å². The Morgan fingerprint density at radius 1 is 1.21 bits per heavy atom. The van der Waals surface area contributed by atoms with Crippen molar-refractivity contribution in [2.45, 2.75) is 63.5 Å². The number of amides is 4. The summed E-state index contributed by atoms with van der Waals surface area (Å²) in [5.41, 5.74) is 0.465. The topological polar surface area (TPSA) is 87.7 Å². The fourth-order valence-corrected chi connectivity index (χ4v) is 4.06. The van der Waals surface area contributed by atoms with Gasteiger partial charge in [0.15, 0.2) is 0 Å². The number of rotatable bonds is 10. The lowest BCUT2D eigenvalue weighted by Crippen LogP contribution is -2.44. The molecule has 2 aliphatic rings. The number of nitrogens with zero attached hydrogens (tertiary/aromatic N) is 1. The van der Waals surface area contributed by atoms with E-state index in [0.717, 1.165) is 37.7 Å². The van der Waals surface area contributed by atoms with E-state index < -0.39 is 5.54 Å². The summed E-state index contributed by atoms with van der Waals surface area (Å²) in [5.74, 6) is -0.186. The molecule has 158 valence electrons. The van der Waals surface area contributed by atoms with Crippen LogP contribution in [0, 0.1) is 0 Å². The first-order chi connectivity index (χ1) is 14.0. The lowest BCUT2D eigenvalue weighted by molar-refractivity contribution is -0.131. The highest BCUT2D eigenvalue weighted by atomic mass is 16.5. The van der Waals surface area contributed by atoms with E-state index in [2.05, 4.69) is 10.6 Å². The largest absolute Gasteiger partial charge is 0.374 e. The Kier molecular flexibility index (Phi) is 7.25. The van der Waals surface area contributed by atoms with Crippen LogP contribution in [0.25, 0.3) is 0 Å². The van der Waals surface area contributed by atoms with Crippen LogP contribution in [-0.4, -0.2) is 48.0 Å². The minimum absolute atomic E-state index is 0.0270. The molecule has 0 aromatic heterocycles. The van der Waals surface area contributed by atoms with Gasteiger partial charge in [-0.3, -0.25) is 14.5 Å². The monoisotopic (exact) mass is 401 g/mol. The molecule has 0 radical (unpaired) electrons. The number of ether oxygens (including phenoxy) is 1. The molecule has 7 heteroatoms. The van der Waals surface area contributed by atoms with Gasteiger partial charge in [-0.25, -0.2) is 4.79 Å². The van der Waals surface area contributed by atoms with E-state index >= 15 is 0 Å². The molecule has 4 amide bonds. The number of hydrogen-bond donors (Lipinski definition) is 2. The summed E-state index contributed by atoms with van der Waals surface area (Å²) >= 11 is 0. The van der Waals surface area contributed by atoms with Crippen molar-refractivity contribution in [1.82, 2.24) is 15.5 Å². The Morgan fingerprint density at radius 3 is 2.66 bits per heavy atom. The maximum absolute atomic E-state index is 12.5. The second-order valence-corrected chi connectivity index (χ2v) is 7.91. The maximum Gasteiger partial charge on any atom is 0.325 e. The van der Waals surface area contributed by atoms with Gasteiger partial charge < -0.3 is 15.4 Å². The first-order valence-electron chi connectivity index (χ1n) is 10.6. The van der Waals surface area contributed by atoms with Gasteiger partial charge in [-0.05, 0) is 38.2 Å². The van der Waals surface area contributed by atoms with Crippen molar-refractivity contribution >= 4 is 17.8 Å². The van der Waals surface area contributed by atoms with Crippen molar-refractivity contribution < 1.29 is 19.1 Å². The molecule has 0 bridgehead atoms. The Labute approximate surface area is 172 Å². The highest BCUT2D eigenvalue weighted by Crippen LogP contribution is 2.35. The Bertz CT molecular complexity index is 716. The zero-order valence-electron chi connectivity index (χ0n) is 17.1. The van der Waals surface area contributed by atoms with E-state index in [-0.39, 0.29) is 30.5 Å². The summed E-state index contributed by atoms with van der Waals surface area (Å²) in [4.78, 5) is 37.9. The van der Waals surface area contributed by atoms with Crippen LogP contribution in [0.15, 0.2) is 30.3 Å². The minimum atomic E-state index is -0.670. The fourth-order valence-electron chi connectivity index (χ4n) is 4.06. The molecule has 1 unspecified atom stereocenters. The fraction of sp³-hybridized carbons (Fsp3) is 0.591. The number of benzene rings is 1. The number of carbonyl (C=O) groups is 3. The van der Waals surface area contributed by atoms with Crippen LogP contribution in [0.4, 0.5) is 4.79 Å². The molecular formula is C22H31N3O4. The van der Waals surface area contributed by atoms with E-state index in [1.54, 1.807) is 0 Å². The number of hydrogen-bond acceptors (Lipinski definition) is 4. The van der Waals surface area contributed by atoms with Crippen molar-refractivity contribution in [1.29, 1.82) is 0 Å². The number of carbonyl (C=O) groups excluding carboxylic acids is 3. The average Bonchev–Trinajstić information content (AvgIpc) is 3.28. The SMILES string of the molecule is CC(OCCCNC(=O)CCCN1C(=O)NC2(CCCC2)C1=O)c1ccccc1. The Balaban J connectivity index is 1.27. The van der Waals surface area contributed by atoms with Crippen LogP contribution in [0.3, 0.4) is 0 Å².